The lowest BCUT2D eigenvalue weighted by molar-refractivity contribution is 0.0602. The molecule has 7 nitrogen and oxygen atoms in total. The molecular weight excluding hydrogens is 320 g/mol. The summed E-state index contributed by atoms with van der Waals surface area (Å²) in [7, 11) is 1.36. The fourth-order valence-electron chi connectivity index (χ4n) is 2.74. The van der Waals surface area contributed by atoms with E-state index in [0.717, 1.165) is 31.0 Å². The maximum Gasteiger partial charge on any atom is 0.339 e. The van der Waals surface area contributed by atoms with Gasteiger partial charge in [-0.15, -0.1) is 0 Å². The van der Waals surface area contributed by atoms with Gasteiger partial charge in [0.15, 0.2) is 0 Å². The molecule has 0 amide bonds. The summed E-state index contributed by atoms with van der Waals surface area (Å²) in [6, 6.07) is 8.98. The van der Waals surface area contributed by atoms with Gasteiger partial charge in [-0.2, -0.15) is 4.98 Å². The Morgan fingerprint density at radius 2 is 2.20 bits per heavy atom. The predicted octanol–water partition coefficient (Wildman–Crippen LogP) is 2.91. The number of rotatable bonds is 6. The second kappa shape index (κ2) is 7.94. The fraction of sp³-hybridized carbons (Fsp3) is 0.389. The molecule has 1 aliphatic rings. The van der Waals surface area contributed by atoms with Crippen LogP contribution in [0.2, 0.25) is 0 Å². The smallest absolute Gasteiger partial charge is 0.339 e. The Morgan fingerprint density at radius 3 is 2.96 bits per heavy atom. The highest BCUT2D eigenvalue weighted by molar-refractivity contribution is 5.96. The molecule has 1 aliphatic heterocycles. The minimum absolute atomic E-state index is 0.228. The quantitative estimate of drug-likeness (QED) is 0.781. The standard InChI is InChI=1S/C18H22N4O3/c1-12-10-16(19-11-13-6-5-9-25-13)22-18(20-12)21-15-8-4-3-7-14(15)17(23)24-2/h3-4,7-8,10,13H,5-6,9,11H2,1-2H3,(H2,19,20,21,22). The van der Waals surface area contributed by atoms with Crippen LogP contribution >= 0.6 is 0 Å². The maximum atomic E-state index is 11.9. The van der Waals surface area contributed by atoms with E-state index in [9.17, 15) is 4.79 Å². The molecule has 1 aromatic carbocycles. The van der Waals surface area contributed by atoms with Gasteiger partial charge in [-0.3, -0.25) is 0 Å². The van der Waals surface area contributed by atoms with Crippen molar-refractivity contribution in [2.24, 2.45) is 0 Å². The highest BCUT2D eigenvalue weighted by Crippen LogP contribution is 2.21. The van der Waals surface area contributed by atoms with Crippen LogP contribution in [0.3, 0.4) is 0 Å². The van der Waals surface area contributed by atoms with Crippen molar-refractivity contribution in [2.75, 3.05) is 30.9 Å². The van der Waals surface area contributed by atoms with E-state index < -0.39 is 5.97 Å². The Morgan fingerprint density at radius 1 is 1.36 bits per heavy atom. The number of aryl methyl sites for hydroxylation is 1. The number of hydrogen-bond acceptors (Lipinski definition) is 7. The molecule has 0 bridgehead atoms. The fourth-order valence-corrected chi connectivity index (χ4v) is 2.74. The Hall–Kier alpha value is -2.67. The molecule has 0 radical (unpaired) electrons. The van der Waals surface area contributed by atoms with E-state index in [1.807, 2.05) is 19.1 Å². The lowest BCUT2D eigenvalue weighted by Gasteiger charge is -2.14. The van der Waals surface area contributed by atoms with Gasteiger partial charge in [-0.25, -0.2) is 9.78 Å². The molecule has 3 rings (SSSR count). The minimum Gasteiger partial charge on any atom is -0.465 e. The summed E-state index contributed by atoms with van der Waals surface area (Å²) in [5.74, 6) is 0.736. The van der Waals surface area contributed by atoms with Gasteiger partial charge >= 0.3 is 5.97 Å². The van der Waals surface area contributed by atoms with Crippen LogP contribution < -0.4 is 10.6 Å². The number of methoxy groups -OCH3 is 1. The molecule has 1 unspecified atom stereocenters. The van der Waals surface area contributed by atoms with Crippen LogP contribution in [0.4, 0.5) is 17.5 Å². The van der Waals surface area contributed by atoms with Gasteiger partial charge in [-0.1, -0.05) is 12.1 Å². The Kier molecular flexibility index (Phi) is 5.45. The summed E-state index contributed by atoms with van der Waals surface area (Å²) in [4.78, 5) is 20.7. The van der Waals surface area contributed by atoms with Crippen LogP contribution in [-0.2, 0) is 9.47 Å². The molecule has 1 fully saturated rings. The zero-order valence-corrected chi connectivity index (χ0v) is 14.4. The van der Waals surface area contributed by atoms with Crippen LogP contribution in [-0.4, -0.2) is 42.3 Å². The molecule has 0 saturated carbocycles. The van der Waals surface area contributed by atoms with Crippen molar-refractivity contribution in [2.45, 2.75) is 25.9 Å². The second-order valence-electron chi connectivity index (χ2n) is 5.90. The van der Waals surface area contributed by atoms with E-state index in [-0.39, 0.29) is 6.10 Å². The van der Waals surface area contributed by atoms with Gasteiger partial charge < -0.3 is 20.1 Å². The molecule has 7 heteroatoms. The van der Waals surface area contributed by atoms with Crippen LogP contribution in [0.1, 0.15) is 28.9 Å². The molecule has 1 atom stereocenters. The third-order valence-corrected chi connectivity index (χ3v) is 3.97. The highest BCUT2D eigenvalue weighted by Gasteiger charge is 2.16. The summed E-state index contributed by atoms with van der Waals surface area (Å²) >= 11 is 0. The average Bonchev–Trinajstić information content (AvgIpc) is 3.13. The second-order valence-corrected chi connectivity index (χ2v) is 5.90. The van der Waals surface area contributed by atoms with Crippen molar-refractivity contribution >= 4 is 23.4 Å². The molecule has 1 aromatic heterocycles. The van der Waals surface area contributed by atoms with E-state index in [1.165, 1.54) is 7.11 Å². The number of hydrogen-bond donors (Lipinski definition) is 2. The molecular formula is C18H22N4O3. The van der Waals surface area contributed by atoms with Gasteiger partial charge in [0.25, 0.3) is 0 Å². The van der Waals surface area contributed by atoms with Gasteiger partial charge in [0.2, 0.25) is 5.95 Å². The number of anilines is 3. The number of ether oxygens (including phenoxy) is 2. The molecule has 25 heavy (non-hydrogen) atoms. The number of aromatic nitrogens is 2. The van der Waals surface area contributed by atoms with Crippen molar-refractivity contribution in [3.8, 4) is 0 Å². The zero-order valence-electron chi connectivity index (χ0n) is 14.4. The molecule has 1 saturated heterocycles. The summed E-state index contributed by atoms with van der Waals surface area (Å²) in [6.45, 7) is 3.44. The largest absolute Gasteiger partial charge is 0.465 e. The maximum absolute atomic E-state index is 11.9. The number of benzene rings is 1. The van der Waals surface area contributed by atoms with Crippen molar-refractivity contribution in [3.05, 3.63) is 41.6 Å². The van der Waals surface area contributed by atoms with Gasteiger partial charge in [-0.05, 0) is 31.9 Å². The SMILES string of the molecule is COC(=O)c1ccccc1Nc1nc(C)cc(NCC2CCCO2)n1. The first-order chi connectivity index (χ1) is 12.2. The summed E-state index contributed by atoms with van der Waals surface area (Å²) in [5.41, 5.74) is 1.86. The van der Waals surface area contributed by atoms with E-state index >= 15 is 0 Å². The normalized spacial score (nSPS) is 16.5. The van der Waals surface area contributed by atoms with E-state index in [1.54, 1.807) is 18.2 Å². The predicted molar refractivity (Wildman–Crippen MR) is 95.3 cm³/mol. The van der Waals surface area contributed by atoms with Crippen molar-refractivity contribution in [1.82, 2.24) is 9.97 Å². The highest BCUT2D eigenvalue weighted by atomic mass is 16.5. The number of nitrogens with zero attached hydrogens (tertiary/aromatic N) is 2. The first-order valence-electron chi connectivity index (χ1n) is 8.31. The minimum atomic E-state index is -0.410. The molecule has 132 valence electrons. The van der Waals surface area contributed by atoms with Crippen LogP contribution in [0.15, 0.2) is 30.3 Å². The van der Waals surface area contributed by atoms with Crippen LogP contribution in [0, 0.1) is 6.92 Å². The van der Waals surface area contributed by atoms with Crippen LogP contribution in [0.25, 0.3) is 0 Å². The van der Waals surface area contributed by atoms with Crippen LogP contribution in [0.5, 0.6) is 0 Å². The number of carbonyl (C=O) groups is 1. The molecule has 2 heterocycles. The Labute approximate surface area is 146 Å². The topological polar surface area (TPSA) is 85.4 Å². The van der Waals surface area contributed by atoms with Crippen molar-refractivity contribution in [3.63, 3.8) is 0 Å². The third-order valence-electron chi connectivity index (χ3n) is 3.97. The summed E-state index contributed by atoms with van der Waals surface area (Å²) in [5, 5.41) is 6.40. The average molecular weight is 342 g/mol. The lowest BCUT2D eigenvalue weighted by atomic mass is 10.2. The first-order valence-corrected chi connectivity index (χ1v) is 8.31. The number of carbonyl (C=O) groups excluding carboxylic acids is 1. The lowest BCUT2D eigenvalue weighted by Crippen LogP contribution is -2.19. The summed E-state index contributed by atoms with van der Waals surface area (Å²) < 4.78 is 10.4. The van der Waals surface area contributed by atoms with Gasteiger partial charge in [0, 0.05) is 24.9 Å². The van der Waals surface area contributed by atoms with Crippen molar-refractivity contribution in [1.29, 1.82) is 0 Å². The van der Waals surface area contributed by atoms with Gasteiger partial charge in [0.05, 0.1) is 24.5 Å². The Bertz CT molecular complexity index is 745. The van der Waals surface area contributed by atoms with Gasteiger partial charge in [0.1, 0.15) is 5.82 Å². The number of para-hydroxylation sites is 1. The van der Waals surface area contributed by atoms with E-state index in [4.69, 9.17) is 9.47 Å². The molecule has 2 N–H and O–H groups in total. The molecule has 0 aliphatic carbocycles. The molecule has 0 spiro atoms. The monoisotopic (exact) mass is 342 g/mol. The van der Waals surface area contributed by atoms with E-state index in [0.29, 0.717) is 23.7 Å². The zero-order chi connectivity index (χ0) is 17.6. The summed E-state index contributed by atoms with van der Waals surface area (Å²) in [6.07, 6.45) is 2.40. The Balaban J connectivity index is 1.75. The number of esters is 1. The number of nitrogens with one attached hydrogen (secondary N) is 2. The first kappa shape index (κ1) is 17.2. The third kappa shape index (κ3) is 4.45. The van der Waals surface area contributed by atoms with Crippen molar-refractivity contribution < 1.29 is 14.3 Å². The van der Waals surface area contributed by atoms with E-state index in [2.05, 4.69) is 20.6 Å². The molecule has 2 aromatic rings.